The molecule has 0 aliphatic heterocycles. The van der Waals surface area contributed by atoms with Crippen molar-refractivity contribution in [1.82, 2.24) is 10.2 Å². The molecule has 0 atom stereocenters. The molecule has 4 nitrogen and oxygen atoms in total. The van der Waals surface area contributed by atoms with Crippen molar-refractivity contribution < 1.29 is 13.2 Å². The van der Waals surface area contributed by atoms with Crippen molar-refractivity contribution in [3.63, 3.8) is 0 Å². The molecular formula is C13H15F3N4S. The topological polar surface area (TPSA) is 55.0 Å². The first kappa shape index (κ1) is 15.7. The fourth-order valence-electron chi connectivity index (χ4n) is 1.89. The Hall–Kier alpha value is -1.67. The van der Waals surface area contributed by atoms with Gasteiger partial charge in [-0.3, -0.25) is 0 Å². The van der Waals surface area contributed by atoms with E-state index in [2.05, 4.69) is 10.2 Å². The highest BCUT2D eigenvalue weighted by molar-refractivity contribution is 7.15. The van der Waals surface area contributed by atoms with Gasteiger partial charge in [-0.2, -0.15) is 13.2 Å². The molecule has 8 heteroatoms. The van der Waals surface area contributed by atoms with Crippen molar-refractivity contribution in [2.24, 2.45) is 5.73 Å². The van der Waals surface area contributed by atoms with Crippen molar-refractivity contribution in [2.45, 2.75) is 26.2 Å². The van der Waals surface area contributed by atoms with Gasteiger partial charge in [0.1, 0.15) is 0 Å². The maximum Gasteiger partial charge on any atom is 0.445 e. The standard InChI is InChI=1S/C13H15F3N4S/c1-2-20(8-10-6-4-3-5-9(10)7-17)12-19-18-11(21-12)13(14,15)16/h3-6H,2,7-8,17H2,1H3. The second-order valence-electron chi connectivity index (χ2n) is 4.37. The summed E-state index contributed by atoms with van der Waals surface area (Å²) in [5.74, 6) is 0. The molecule has 1 aromatic carbocycles. The number of nitrogens with zero attached hydrogens (tertiary/aromatic N) is 3. The Morgan fingerprint density at radius 3 is 2.38 bits per heavy atom. The van der Waals surface area contributed by atoms with Gasteiger partial charge in [0, 0.05) is 19.6 Å². The fourth-order valence-corrected chi connectivity index (χ4v) is 2.66. The monoisotopic (exact) mass is 316 g/mol. The van der Waals surface area contributed by atoms with E-state index in [0.717, 1.165) is 11.1 Å². The highest BCUT2D eigenvalue weighted by atomic mass is 32.1. The molecule has 2 rings (SSSR count). The first-order valence-electron chi connectivity index (χ1n) is 6.38. The zero-order chi connectivity index (χ0) is 15.5. The van der Waals surface area contributed by atoms with E-state index >= 15 is 0 Å². The van der Waals surface area contributed by atoms with Crippen LogP contribution in [0.15, 0.2) is 24.3 Å². The van der Waals surface area contributed by atoms with Crippen LogP contribution in [-0.2, 0) is 19.3 Å². The van der Waals surface area contributed by atoms with Crippen molar-refractivity contribution in [1.29, 1.82) is 0 Å². The van der Waals surface area contributed by atoms with Crippen LogP contribution in [0.1, 0.15) is 23.1 Å². The number of anilines is 1. The largest absolute Gasteiger partial charge is 0.445 e. The lowest BCUT2D eigenvalue weighted by Gasteiger charge is -2.20. The summed E-state index contributed by atoms with van der Waals surface area (Å²) in [7, 11) is 0. The van der Waals surface area contributed by atoms with Crippen molar-refractivity contribution in [3.8, 4) is 0 Å². The molecule has 0 aliphatic carbocycles. The van der Waals surface area contributed by atoms with Crippen LogP contribution in [-0.4, -0.2) is 16.7 Å². The summed E-state index contributed by atoms with van der Waals surface area (Å²) in [6.07, 6.45) is -4.45. The summed E-state index contributed by atoms with van der Waals surface area (Å²) in [6.45, 7) is 3.24. The van der Waals surface area contributed by atoms with Gasteiger partial charge < -0.3 is 10.6 Å². The number of nitrogens with two attached hydrogens (primary N) is 1. The van der Waals surface area contributed by atoms with Crippen LogP contribution >= 0.6 is 11.3 Å². The molecule has 1 aromatic heterocycles. The normalized spacial score (nSPS) is 11.7. The van der Waals surface area contributed by atoms with E-state index in [4.69, 9.17) is 5.73 Å². The van der Waals surface area contributed by atoms with E-state index in [1.807, 2.05) is 31.2 Å². The van der Waals surface area contributed by atoms with Crippen LogP contribution in [0, 0.1) is 0 Å². The molecular weight excluding hydrogens is 301 g/mol. The van der Waals surface area contributed by atoms with Crippen LogP contribution in [0.25, 0.3) is 0 Å². The Morgan fingerprint density at radius 1 is 1.19 bits per heavy atom. The minimum Gasteiger partial charge on any atom is -0.343 e. The second kappa shape index (κ2) is 6.40. The number of rotatable bonds is 5. The lowest BCUT2D eigenvalue weighted by Crippen LogP contribution is -2.23. The van der Waals surface area contributed by atoms with Gasteiger partial charge in [-0.15, -0.1) is 10.2 Å². The van der Waals surface area contributed by atoms with Crippen LogP contribution < -0.4 is 10.6 Å². The molecule has 21 heavy (non-hydrogen) atoms. The Labute approximate surface area is 124 Å². The van der Waals surface area contributed by atoms with Gasteiger partial charge in [-0.1, -0.05) is 35.6 Å². The number of alkyl halides is 3. The first-order valence-corrected chi connectivity index (χ1v) is 7.19. The second-order valence-corrected chi connectivity index (χ2v) is 5.33. The van der Waals surface area contributed by atoms with E-state index in [-0.39, 0.29) is 5.13 Å². The van der Waals surface area contributed by atoms with Gasteiger partial charge in [-0.25, -0.2) is 0 Å². The summed E-state index contributed by atoms with van der Waals surface area (Å²) in [6, 6.07) is 7.58. The molecule has 0 bridgehead atoms. The molecule has 114 valence electrons. The van der Waals surface area contributed by atoms with Crippen molar-refractivity contribution in [2.75, 3.05) is 11.4 Å². The summed E-state index contributed by atoms with van der Waals surface area (Å²) < 4.78 is 37.8. The lowest BCUT2D eigenvalue weighted by molar-refractivity contribution is -0.138. The van der Waals surface area contributed by atoms with E-state index in [0.29, 0.717) is 31.0 Å². The van der Waals surface area contributed by atoms with Crippen LogP contribution in [0.4, 0.5) is 18.3 Å². The maximum absolute atomic E-state index is 12.6. The number of benzene rings is 1. The van der Waals surface area contributed by atoms with Crippen LogP contribution in [0.3, 0.4) is 0 Å². The average molecular weight is 316 g/mol. The SMILES string of the molecule is CCN(Cc1ccccc1CN)c1nnc(C(F)(F)F)s1. The average Bonchev–Trinajstić information content (AvgIpc) is 2.94. The molecule has 2 N–H and O–H groups in total. The third kappa shape index (κ3) is 3.70. The lowest BCUT2D eigenvalue weighted by atomic mass is 10.1. The third-order valence-corrected chi connectivity index (χ3v) is 4.04. The first-order chi connectivity index (χ1) is 9.95. The quantitative estimate of drug-likeness (QED) is 0.921. The molecule has 1 heterocycles. The number of hydrogen-bond donors (Lipinski definition) is 1. The Morgan fingerprint density at radius 2 is 1.86 bits per heavy atom. The zero-order valence-electron chi connectivity index (χ0n) is 11.4. The van der Waals surface area contributed by atoms with Gasteiger partial charge in [0.15, 0.2) is 0 Å². The Kier molecular flexibility index (Phi) is 4.79. The minimum absolute atomic E-state index is 0.261. The highest BCUT2D eigenvalue weighted by Crippen LogP contribution is 2.34. The highest BCUT2D eigenvalue weighted by Gasteiger charge is 2.36. The van der Waals surface area contributed by atoms with Crippen LogP contribution in [0.2, 0.25) is 0 Å². The molecule has 0 spiro atoms. The molecule has 0 aliphatic rings. The third-order valence-electron chi connectivity index (χ3n) is 3.01. The van der Waals surface area contributed by atoms with Gasteiger partial charge >= 0.3 is 6.18 Å². The molecule has 0 radical (unpaired) electrons. The predicted molar refractivity (Wildman–Crippen MR) is 76.0 cm³/mol. The van der Waals surface area contributed by atoms with Crippen molar-refractivity contribution >= 4 is 16.5 Å². The van der Waals surface area contributed by atoms with E-state index in [1.54, 1.807) is 4.90 Å². The molecule has 2 aromatic rings. The smallest absolute Gasteiger partial charge is 0.343 e. The zero-order valence-corrected chi connectivity index (χ0v) is 12.2. The molecule has 0 saturated carbocycles. The number of halogens is 3. The summed E-state index contributed by atoms with van der Waals surface area (Å²) in [5.41, 5.74) is 7.62. The minimum atomic E-state index is -4.45. The Bertz CT molecular complexity index is 597. The predicted octanol–water partition coefficient (Wildman–Crippen LogP) is 3.04. The maximum atomic E-state index is 12.6. The van der Waals surface area contributed by atoms with E-state index in [1.165, 1.54) is 0 Å². The molecule has 0 amide bonds. The van der Waals surface area contributed by atoms with Crippen LogP contribution in [0.5, 0.6) is 0 Å². The van der Waals surface area contributed by atoms with Gasteiger partial charge in [-0.05, 0) is 18.1 Å². The molecule has 0 unspecified atom stereocenters. The van der Waals surface area contributed by atoms with E-state index < -0.39 is 11.2 Å². The van der Waals surface area contributed by atoms with Crippen molar-refractivity contribution in [3.05, 3.63) is 40.4 Å². The van der Waals surface area contributed by atoms with E-state index in [9.17, 15) is 13.2 Å². The summed E-state index contributed by atoms with van der Waals surface area (Å²) in [4.78, 5) is 1.75. The summed E-state index contributed by atoms with van der Waals surface area (Å²) in [5, 5.41) is 6.20. The number of hydrogen-bond acceptors (Lipinski definition) is 5. The fraction of sp³-hybridized carbons (Fsp3) is 0.385. The number of aromatic nitrogens is 2. The molecule has 0 fully saturated rings. The summed E-state index contributed by atoms with van der Waals surface area (Å²) >= 11 is 0.553. The van der Waals surface area contributed by atoms with Gasteiger partial charge in [0.05, 0.1) is 0 Å². The van der Waals surface area contributed by atoms with Gasteiger partial charge in [0.2, 0.25) is 10.1 Å². The Balaban J connectivity index is 2.22. The molecule has 0 saturated heterocycles. The van der Waals surface area contributed by atoms with Gasteiger partial charge in [0.25, 0.3) is 0 Å².